The van der Waals surface area contributed by atoms with Crippen molar-refractivity contribution in [1.29, 1.82) is 0 Å². The number of carbonyl (C=O) groups excluding carboxylic acids is 1. The molecule has 0 saturated carbocycles. The summed E-state index contributed by atoms with van der Waals surface area (Å²) in [6, 6.07) is 5.75. The summed E-state index contributed by atoms with van der Waals surface area (Å²) in [5.74, 6) is 0.532. The molecule has 26 heavy (non-hydrogen) atoms. The Labute approximate surface area is 151 Å². The van der Waals surface area contributed by atoms with Crippen LogP contribution in [-0.4, -0.2) is 50.9 Å². The maximum Gasteiger partial charge on any atom is 0.410 e. The van der Waals surface area contributed by atoms with Gasteiger partial charge in [-0.25, -0.2) is 4.79 Å². The van der Waals surface area contributed by atoms with E-state index in [-0.39, 0.29) is 18.0 Å². The van der Waals surface area contributed by atoms with Gasteiger partial charge in [0.15, 0.2) is 0 Å². The Bertz CT molecular complexity index is 804. The summed E-state index contributed by atoms with van der Waals surface area (Å²) in [6.07, 6.45) is -0.430. The SMILES string of the molecule is COc1ccc(S(=O)(=O)/N=N/NN=C2CN(C(=O)OC(C)(C)C)C2)cc1. The minimum Gasteiger partial charge on any atom is -0.497 e. The lowest BCUT2D eigenvalue weighted by atomic mass is 10.2. The number of hydrazone groups is 1. The molecule has 1 aromatic carbocycles. The lowest BCUT2D eigenvalue weighted by Crippen LogP contribution is -2.52. The van der Waals surface area contributed by atoms with Gasteiger partial charge in [0.05, 0.1) is 30.8 Å². The number of likely N-dealkylation sites (tertiary alicyclic amines) is 1. The van der Waals surface area contributed by atoms with E-state index in [1.165, 1.54) is 36.3 Å². The molecule has 0 unspecified atom stereocenters. The summed E-state index contributed by atoms with van der Waals surface area (Å²) in [4.78, 5) is 13.2. The summed E-state index contributed by atoms with van der Waals surface area (Å²) in [5, 5.41) is 7.20. The molecule has 0 aromatic heterocycles. The zero-order valence-corrected chi connectivity index (χ0v) is 15.8. The molecule has 0 spiro atoms. The van der Waals surface area contributed by atoms with Crippen molar-refractivity contribution in [1.82, 2.24) is 10.4 Å². The quantitative estimate of drug-likeness (QED) is 0.612. The van der Waals surface area contributed by atoms with Crippen LogP contribution >= 0.6 is 0 Å². The second kappa shape index (κ2) is 7.68. The Hall–Kier alpha value is -2.69. The number of amides is 1. The van der Waals surface area contributed by atoms with Crippen LogP contribution in [0.5, 0.6) is 5.75 Å². The summed E-state index contributed by atoms with van der Waals surface area (Å²) < 4.78 is 37.4. The van der Waals surface area contributed by atoms with Crippen LogP contribution in [0.1, 0.15) is 20.8 Å². The molecule has 1 heterocycles. The van der Waals surface area contributed by atoms with Crippen molar-refractivity contribution in [3.63, 3.8) is 0 Å². The van der Waals surface area contributed by atoms with Crippen molar-refractivity contribution in [2.45, 2.75) is 31.3 Å². The lowest BCUT2D eigenvalue weighted by Gasteiger charge is -2.33. The Balaban J connectivity index is 1.84. The van der Waals surface area contributed by atoms with E-state index >= 15 is 0 Å². The van der Waals surface area contributed by atoms with Gasteiger partial charge in [-0.1, -0.05) is 0 Å². The van der Waals surface area contributed by atoms with Crippen LogP contribution in [0.2, 0.25) is 0 Å². The third-order valence-corrected chi connectivity index (χ3v) is 4.32. The third kappa shape index (κ3) is 5.41. The second-order valence-electron chi connectivity index (χ2n) is 6.45. The molecule has 1 saturated heterocycles. The number of ether oxygens (including phenoxy) is 2. The molecule has 2 rings (SSSR count). The average molecular weight is 383 g/mol. The van der Waals surface area contributed by atoms with Crippen LogP contribution in [0.25, 0.3) is 0 Å². The van der Waals surface area contributed by atoms with Gasteiger partial charge in [0.2, 0.25) is 0 Å². The van der Waals surface area contributed by atoms with E-state index in [1.807, 2.05) is 0 Å². The van der Waals surface area contributed by atoms with Crippen LogP contribution in [0.15, 0.2) is 44.0 Å². The predicted molar refractivity (Wildman–Crippen MR) is 93.4 cm³/mol. The standard InChI is InChI=1S/C15H21N5O5S/c1-15(2,3)25-14(21)20-9-11(10-20)16-17-18-19-26(22,23)13-7-5-12(24-4)6-8-13/h5-8H,9-10H2,1-4H3,(H,17,19). The molecule has 1 amide bonds. The van der Waals surface area contributed by atoms with Gasteiger partial charge in [-0.15, -0.1) is 0 Å². The van der Waals surface area contributed by atoms with Crippen molar-refractivity contribution in [3.8, 4) is 5.75 Å². The van der Waals surface area contributed by atoms with E-state index in [9.17, 15) is 13.2 Å². The van der Waals surface area contributed by atoms with Gasteiger partial charge in [0, 0.05) is 0 Å². The highest BCUT2D eigenvalue weighted by molar-refractivity contribution is 7.90. The first kappa shape index (κ1) is 19.6. The fraction of sp³-hybridized carbons (Fsp3) is 0.467. The molecular weight excluding hydrogens is 362 g/mol. The Morgan fingerprint density at radius 1 is 1.19 bits per heavy atom. The number of nitrogens with one attached hydrogen (secondary N) is 1. The van der Waals surface area contributed by atoms with Crippen LogP contribution in [0, 0.1) is 0 Å². The summed E-state index contributed by atoms with van der Waals surface area (Å²) in [5.41, 5.74) is 2.27. The highest BCUT2D eigenvalue weighted by atomic mass is 32.2. The Kier molecular flexibility index (Phi) is 5.80. The van der Waals surface area contributed by atoms with Crippen molar-refractivity contribution in [2.75, 3.05) is 20.2 Å². The first-order valence-electron chi connectivity index (χ1n) is 7.70. The molecule has 10 nitrogen and oxygen atoms in total. The van der Waals surface area contributed by atoms with Crippen molar-refractivity contribution < 1.29 is 22.7 Å². The van der Waals surface area contributed by atoms with Crippen LogP contribution in [-0.2, 0) is 14.8 Å². The Morgan fingerprint density at radius 2 is 1.81 bits per heavy atom. The van der Waals surface area contributed by atoms with E-state index < -0.39 is 21.7 Å². The lowest BCUT2D eigenvalue weighted by molar-refractivity contribution is 0.0264. The molecule has 142 valence electrons. The smallest absolute Gasteiger partial charge is 0.410 e. The number of benzene rings is 1. The highest BCUT2D eigenvalue weighted by Gasteiger charge is 2.30. The van der Waals surface area contributed by atoms with Crippen molar-refractivity contribution in [2.24, 2.45) is 14.8 Å². The number of carbonyl (C=O) groups is 1. The van der Waals surface area contributed by atoms with Crippen LogP contribution in [0.4, 0.5) is 4.79 Å². The summed E-state index contributed by atoms with van der Waals surface area (Å²) >= 11 is 0. The van der Waals surface area contributed by atoms with E-state index in [4.69, 9.17) is 9.47 Å². The van der Waals surface area contributed by atoms with Crippen molar-refractivity contribution in [3.05, 3.63) is 24.3 Å². The molecule has 1 aromatic rings. The maximum absolute atomic E-state index is 12.0. The number of hydrogen-bond acceptors (Lipinski definition) is 7. The topological polar surface area (TPSA) is 122 Å². The zero-order valence-electron chi connectivity index (χ0n) is 15.0. The molecule has 0 bridgehead atoms. The van der Waals surface area contributed by atoms with Gasteiger partial charge in [-0.05, 0) is 54.8 Å². The second-order valence-corrected chi connectivity index (χ2v) is 8.03. The number of rotatable bonds is 5. The van der Waals surface area contributed by atoms with Gasteiger partial charge in [0.25, 0.3) is 0 Å². The van der Waals surface area contributed by atoms with Gasteiger partial charge >= 0.3 is 16.1 Å². The number of methoxy groups -OCH3 is 1. The van der Waals surface area contributed by atoms with Crippen LogP contribution in [0.3, 0.4) is 0 Å². The van der Waals surface area contributed by atoms with Gasteiger partial charge in [-0.2, -0.15) is 19.1 Å². The molecular formula is C15H21N5O5S. The summed E-state index contributed by atoms with van der Waals surface area (Å²) in [7, 11) is -2.45. The highest BCUT2D eigenvalue weighted by Crippen LogP contribution is 2.17. The number of sulfonamides is 1. The monoisotopic (exact) mass is 383 g/mol. The van der Waals surface area contributed by atoms with E-state index in [1.54, 1.807) is 20.8 Å². The molecule has 1 N–H and O–H groups in total. The molecule has 0 aliphatic carbocycles. The van der Waals surface area contributed by atoms with Gasteiger partial charge < -0.3 is 9.47 Å². The molecule has 0 atom stereocenters. The average Bonchev–Trinajstić information content (AvgIpc) is 2.51. The Morgan fingerprint density at radius 3 is 2.35 bits per heavy atom. The van der Waals surface area contributed by atoms with Crippen molar-refractivity contribution >= 4 is 21.8 Å². The molecule has 1 fully saturated rings. The first-order valence-corrected chi connectivity index (χ1v) is 9.14. The normalized spacial score (nSPS) is 14.8. The van der Waals surface area contributed by atoms with E-state index in [0.717, 1.165) is 0 Å². The first-order chi connectivity index (χ1) is 12.1. The van der Waals surface area contributed by atoms with E-state index in [0.29, 0.717) is 11.5 Å². The molecule has 11 heteroatoms. The summed E-state index contributed by atoms with van der Waals surface area (Å²) in [6.45, 7) is 5.91. The molecule has 0 radical (unpaired) electrons. The minimum absolute atomic E-state index is 0.0174. The third-order valence-electron chi connectivity index (χ3n) is 3.16. The largest absolute Gasteiger partial charge is 0.497 e. The molecule has 1 aliphatic rings. The minimum atomic E-state index is -3.93. The molecule has 1 aliphatic heterocycles. The van der Waals surface area contributed by atoms with Gasteiger partial charge in [0.1, 0.15) is 11.4 Å². The predicted octanol–water partition coefficient (Wildman–Crippen LogP) is 1.95. The fourth-order valence-corrected chi connectivity index (χ4v) is 2.60. The maximum atomic E-state index is 12.0. The number of nitrogens with zero attached hydrogens (tertiary/aromatic N) is 4. The van der Waals surface area contributed by atoms with Crippen LogP contribution < -0.4 is 10.3 Å². The number of hydrogen-bond donors (Lipinski definition) is 1. The fourth-order valence-electron chi connectivity index (χ4n) is 1.88. The van der Waals surface area contributed by atoms with Gasteiger partial charge in [-0.3, -0.25) is 4.90 Å². The zero-order chi connectivity index (χ0) is 19.4. The van der Waals surface area contributed by atoms with E-state index in [2.05, 4.69) is 20.4 Å².